The minimum absolute atomic E-state index is 0.104. The molecule has 1 amide bonds. The van der Waals surface area contributed by atoms with Crippen LogP contribution < -0.4 is 5.32 Å². The van der Waals surface area contributed by atoms with Gasteiger partial charge in [-0.1, -0.05) is 0 Å². The van der Waals surface area contributed by atoms with Crippen molar-refractivity contribution in [3.05, 3.63) is 59.5 Å². The van der Waals surface area contributed by atoms with Crippen molar-refractivity contribution in [2.24, 2.45) is 0 Å². The molecule has 5 heteroatoms. The summed E-state index contributed by atoms with van der Waals surface area (Å²) in [6, 6.07) is 11.8. The Morgan fingerprint density at radius 3 is 2.67 bits per heavy atom. The van der Waals surface area contributed by atoms with Crippen LogP contribution in [0.15, 0.2) is 47.1 Å². The highest BCUT2D eigenvalue weighted by atomic mass is 16.3. The molecule has 0 aliphatic heterocycles. The van der Waals surface area contributed by atoms with E-state index in [1.54, 1.807) is 49.6 Å². The van der Waals surface area contributed by atoms with Crippen LogP contribution in [0.1, 0.15) is 28.6 Å². The van der Waals surface area contributed by atoms with Crippen molar-refractivity contribution in [3.63, 3.8) is 0 Å². The SMILES string of the molecule is CC(O)(CNC(=O)c1ccc(C#N)cc1)Cc1ccco1. The minimum atomic E-state index is -1.10. The summed E-state index contributed by atoms with van der Waals surface area (Å²) < 4.78 is 5.18. The Morgan fingerprint density at radius 2 is 2.10 bits per heavy atom. The van der Waals surface area contributed by atoms with Crippen LogP contribution in [0.25, 0.3) is 0 Å². The lowest BCUT2D eigenvalue weighted by atomic mass is 10.0. The molecule has 0 saturated carbocycles. The van der Waals surface area contributed by atoms with E-state index in [1.807, 2.05) is 6.07 Å². The fourth-order valence-corrected chi connectivity index (χ4v) is 1.92. The number of carbonyl (C=O) groups excluding carboxylic acids is 1. The fourth-order valence-electron chi connectivity index (χ4n) is 1.92. The highest BCUT2D eigenvalue weighted by molar-refractivity contribution is 5.94. The maximum atomic E-state index is 12.0. The third kappa shape index (κ3) is 4.20. The Hall–Kier alpha value is -2.58. The van der Waals surface area contributed by atoms with Crippen LogP contribution in [-0.2, 0) is 6.42 Å². The average Bonchev–Trinajstić information content (AvgIpc) is 2.97. The van der Waals surface area contributed by atoms with Crippen molar-refractivity contribution in [3.8, 4) is 6.07 Å². The molecule has 0 spiro atoms. The molecular weight excluding hydrogens is 268 g/mol. The van der Waals surface area contributed by atoms with Gasteiger partial charge < -0.3 is 14.8 Å². The molecule has 1 aromatic carbocycles. The van der Waals surface area contributed by atoms with Crippen molar-refractivity contribution < 1.29 is 14.3 Å². The predicted octanol–water partition coefficient (Wildman–Crippen LogP) is 1.87. The molecular formula is C16H16N2O3. The van der Waals surface area contributed by atoms with Gasteiger partial charge in [-0.05, 0) is 43.3 Å². The molecule has 108 valence electrons. The predicted molar refractivity (Wildman–Crippen MR) is 76.5 cm³/mol. The topological polar surface area (TPSA) is 86.3 Å². The number of nitriles is 1. The van der Waals surface area contributed by atoms with Gasteiger partial charge in [0.2, 0.25) is 0 Å². The van der Waals surface area contributed by atoms with Crippen LogP contribution in [0.5, 0.6) is 0 Å². The molecule has 5 nitrogen and oxygen atoms in total. The third-order valence-corrected chi connectivity index (χ3v) is 3.04. The van der Waals surface area contributed by atoms with E-state index in [-0.39, 0.29) is 12.5 Å². The minimum Gasteiger partial charge on any atom is -0.469 e. The number of amides is 1. The number of furan rings is 1. The van der Waals surface area contributed by atoms with Gasteiger partial charge in [0.15, 0.2) is 0 Å². The van der Waals surface area contributed by atoms with Gasteiger partial charge in [-0.15, -0.1) is 0 Å². The lowest BCUT2D eigenvalue weighted by Crippen LogP contribution is -2.42. The number of aliphatic hydroxyl groups is 1. The van der Waals surface area contributed by atoms with Gasteiger partial charge in [-0.3, -0.25) is 4.79 Å². The molecule has 1 heterocycles. The van der Waals surface area contributed by atoms with Gasteiger partial charge in [0.25, 0.3) is 5.91 Å². The van der Waals surface area contributed by atoms with Crippen LogP contribution in [-0.4, -0.2) is 23.2 Å². The van der Waals surface area contributed by atoms with Crippen molar-refractivity contribution in [1.29, 1.82) is 5.26 Å². The highest BCUT2D eigenvalue weighted by Crippen LogP contribution is 2.13. The first-order valence-electron chi connectivity index (χ1n) is 6.53. The highest BCUT2D eigenvalue weighted by Gasteiger charge is 2.23. The monoisotopic (exact) mass is 284 g/mol. The van der Waals surface area contributed by atoms with E-state index < -0.39 is 5.60 Å². The normalized spacial score (nSPS) is 13.2. The molecule has 1 unspecified atom stereocenters. The molecule has 2 aromatic rings. The second-order valence-electron chi connectivity index (χ2n) is 5.12. The van der Waals surface area contributed by atoms with E-state index in [9.17, 15) is 9.90 Å². The van der Waals surface area contributed by atoms with Gasteiger partial charge >= 0.3 is 0 Å². The van der Waals surface area contributed by atoms with E-state index in [4.69, 9.17) is 9.68 Å². The van der Waals surface area contributed by atoms with Gasteiger partial charge in [0.1, 0.15) is 5.76 Å². The van der Waals surface area contributed by atoms with Crippen molar-refractivity contribution in [2.45, 2.75) is 18.9 Å². The van der Waals surface area contributed by atoms with Crippen LogP contribution >= 0.6 is 0 Å². The molecule has 1 atom stereocenters. The molecule has 0 fully saturated rings. The summed E-state index contributed by atoms with van der Waals surface area (Å²) in [6.45, 7) is 1.74. The second kappa shape index (κ2) is 6.25. The zero-order valence-electron chi connectivity index (χ0n) is 11.7. The summed E-state index contributed by atoms with van der Waals surface area (Å²) in [6.07, 6.45) is 1.86. The van der Waals surface area contributed by atoms with E-state index in [1.165, 1.54) is 0 Å². The van der Waals surface area contributed by atoms with Gasteiger partial charge in [0, 0.05) is 18.5 Å². The number of hydrogen-bond donors (Lipinski definition) is 2. The Bertz CT molecular complexity index is 637. The summed E-state index contributed by atoms with van der Waals surface area (Å²) in [5, 5.41) is 21.6. The number of benzene rings is 1. The zero-order chi connectivity index (χ0) is 15.3. The van der Waals surface area contributed by atoms with Crippen LogP contribution in [0.3, 0.4) is 0 Å². The lowest BCUT2D eigenvalue weighted by molar-refractivity contribution is 0.0510. The van der Waals surface area contributed by atoms with Crippen molar-refractivity contribution in [2.75, 3.05) is 6.54 Å². The molecule has 21 heavy (non-hydrogen) atoms. The van der Waals surface area contributed by atoms with Crippen molar-refractivity contribution >= 4 is 5.91 Å². The first kappa shape index (κ1) is 14.8. The third-order valence-electron chi connectivity index (χ3n) is 3.04. The summed E-state index contributed by atoms with van der Waals surface area (Å²) in [7, 11) is 0. The summed E-state index contributed by atoms with van der Waals surface area (Å²) in [4.78, 5) is 12.0. The molecule has 0 aliphatic rings. The van der Waals surface area contributed by atoms with Crippen LogP contribution in [0, 0.1) is 11.3 Å². The number of hydrogen-bond acceptors (Lipinski definition) is 4. The molecule has 0 aliphatic carbocycles. The standard InChI is InChI=1S/C16H16N2O3/c1-16(20,9-14-3-2-8-21-14)11-18-15(19)13-6-4-12(10-17)5-7-13/h2-8,20H,9,11H2,1H3,(H,18,19). The lowest BCUT2D eigenvalue weighted by Gasteiger charge is -2.22. The first-order chi connectivity index (χ1) is 10.00. The zero-order valence-corrected chi connectivity index (χ0v) is 11.7. The number of nitrogens with one attached hydrogen (secondary N) is 1. The maximum absolute atomic E-state index is 12.0. The van der Waals surface area contributed by atoms with E-state index in [0.717, 1.165) is 0 Å². The van der Waals surface area contributed by atoms with Crippen LogP contribution in [0.2, 0.25) is 0 Å². The fraction of sp³-hybridized carbons (Fsp3) is 0.250. The first-order valence-corrected chi connectivity index (χ1v) is 6.53. The summed E-state index contributed by atoms with van der Waals surface area (Å²) in [5.41, 5.74) is -0.153. The summed E-state index contributed by atoms with van der Waals surface area (Å²) in [5.74, 6) is 0.367. The largest absolute Gasteiger partial charge is 0.469 e. The molecule has 0 saturated heterocycles. The smallest absolute Gasteiger partial charge is 0.251 e. The van der Waals surface area contributed by atoms with Crippen LogP contribution in [0.4, 0.5) is 0 Å². The molecule has 2 rings (SSSR count). The summed E-state index contributed by atoms with van der Waals surface area (Å²) >= 11 is 0. The van der Waals surface area contributed by atoms with Gasteiger partial charge in [-0.25, -0.2) is 0 Å². The van der Waals surface area contributed by atoms with E-state index in [2.05, 4.69) is 5.32 Å². The Labute approximate surface area is 122 Å². The maximum Gasteiger partial charge on any atom is 0.251 e. The molecule has 0 radical (unpaired) electrons. The second-order valence-corrected chi connectivity index (χ2v) is 5.12. The number of nitrogens with zero attached hydrogens (tertiary/aromatic N) is 1. The van der Waals surface area contributed by atoms with Crippen molar-refractivity contribution in [1.82, 2.24) is 5.32 Å². The molecule has 0 bridgehead atoms. The quantitative estimate of drug-likeness (QED) is 0.877. The van der Waals surface area contributed by atoms with E-state index in [0.29, 0.717) is 23.3 Å². The Balaban J connectivity index is 1.92. The van der Waals surface area contributed by atoms with Gasteiger partial charge in [-0.2, -0.15) is 5.26 Å². The molecule has 1 aromatic heterocycles. The van der Waals surface area contributed by atoms with Gasteiger partial charge in [0.05, 0.1) is 23.5 Å². The van der Waals surface area contributed by atoms with E-state index >= 15 is 0 Å². The number of rotatable bonds is 5. The Kier molecular flexibility index (Phi) is 4.41. The molecule has 2 N–H and O–H groups in total. The number of carbonyl (C=O) groups is 1. The average molecular weight is 284 g/mol. The Morgan fingerprint density at radius 1 is 1.38 bits per heavy atom.